The zero-order valence-corrected chi connectivity index (χ0v) is 13.3. The molecule has 0 heterocycles. The fraction of sp³-hybridized carbons (Fsp3) is 0.667. The molecule has 2 rings (SSSR count). The van der Waals surface area contributed by atoms with Crippen LogP contribution in [0.25, 0.3) is 0 Å². The van der Waals surface area contributed by atoms with Crippen LogP contribution in [0.15, 0.2) is 18.2 Å². The van der Waals surface area contributed by atoms with Crippen LogP contribution in [-0.2, 0) is 0 Å². The zero-order valence-electron chi connectivity index (χ0n) is 13.3. The highest BCUT2D eigenvalue weighted by molar-refractivity contribution is 5.37. The highest BCUT2D eigenvalue weighted by atomic mass is 19.1. The maximum Gasteiger partial charge on any atom is 0.131 e. The number of halogens is 1. The molecule has 1 fully saturated rings. The minimum Gasteiger partial charge on any atom is -0.490 e. The Morgan fingerprint density at radius 3 is 2.62 bits per heavy atom. The molecule has 1 aromatic carbocycles. The predicted molar refractivity (Wildman–Crippen MR) is 85.2 cm³/mol. The third-order valence-electron chi connectivity index (χ3n) is 4.24. The molecule has 0 bridgehead atoms. The van der Waals surface area contributed by atoms with E-state index in [0.29, 0.717) is 5.56 Å². The Bertz CT molecular complexity index is 427. The summed E-state index contributed by atoms with van der Waals surface area (Å²) in [5.41, 5.74) is 0.676. The Labute approximate surface area is 128 Å². The Morgan fingerprint density at radius 1 is 1.24 bits per heavy atom. The highest BCUT2D eigenvalue weighted by Crippen LogP contribution is 2.31. The third kappa shape index (κ3) is 4.70. The summed E-state index contributed by atoms with van der Waals surface area (Å²) in [6, 6.07) is 5.16. The van der Waals surface area contributed by atoms with Gasteiger partial charge in [-0.25, -0.2) is 4.39 Å². The monoisotopic (exact) mass is 293 g/mol. The van der Waals surface area contributed by atoms with Crippen molar-refractivity contribution in [2.75, 3.05) is 6.54 Å². The van der Waals surface area contributed by atoms with E-state index in [4.69, 9.17) is 4.74 Å². The standard InChI is InChI=1S/C18H28FNO/c1-3-13-20-14(2)18-16(19)11-8-12-17(18)21-15-9-6-4-5-7-10-15/h8,11-12,14-15,20H,3-7,9-10,13H2,1-2H3. The third-order valence-corrected chi connectivity index (χ3v) is 4.24. The molecule has 1 atom stereocenters. The lowest BCUT2D eigenvalue weighted by molar-refractivity contribution is 0.179. The van der Waals surface area contributed by atoms with Crippen LogP contribution in [0.5, 0.6) is 5.75 Å². The van der Waals surface area contributed by atoms with Gasteiger partial charge in [0.25, 0.3) is 0 Å². The molecule has 1 aromatic rings. The lowest BCUT2D eigenvalue weighted by Crippen LogP contribution is -2.23. The van der Waals surface area contributed by atoms with Gasteiger partial charge in [0.15, 0.2) is 0 Å². The first-order valence-electron chi connectivity index (χ1n) is 8.40. The van der Waals surface area contributed by atoms with Gasteiger partial charge in [-0.1, -0.05) is 25.8 Å². The van der Waals surface area contributed by atoms with Crippen LogP contribution in [-0.4, -0.2) is 12.6 Å². The minimum atomic E-state index is -0.169. The fourth-order valence-corrected chi connectivity index (χ4v) is 3.04. The van der Waals surface area contributed by atoms with E-state index in [9.17, 15) is 4.39 Å². The number of hydrogen-bond donors (Lipinski definition) is 1. The van der Waals surface area contributed by atoms with Crippen LogP contribution in [0.2, 0.25) is 0 Å². The van der Waals surface area contributed by atoms with E-state index < -0.39 is 0 Å². The van der Waals surface area contributed by atoms with Crippen molar-refractivity contribution in [3.05, 3.63) is 29.6 Å². The molecule has 21 heavy (non-hydrogen) atoms. The van der Waals surface area contributed by atoms with Crippen molar-refractivity contribution in [1.29, 1.82) is 0 Å². The Balaban J connectivity index is 2.12. The molecule has 2 nitrogen and oxygen atoms in total. The van der Waals surface area contributed by atoms with Crippen LogP contribution in [0.3, 0.4) is 0 Å². The van der Waals surface area contributed by atoms with E-state index >= 15 is 0 Å². The van der Waals surface area contributed by atoms with Gasteiger partial charge in [-0.05, 0) is 57.7 Å². The SMILES string of the molecule is CCCNC(C)c1c(F)cccc1OC1CCCCCC1. The van der Waals surface area contributed by atoms with E-state index in [-0.39, 0.29) is 18.0 Å². The van der Waals surface area contributed by atoms with Crippen LogP contribution in [0, 0.1) is 5.82 Å². The Morgan fingerprint density at radius 2 is 1.95 bits per heavy atom. The second kappa shape index (κ2) is 8.38. The van der Waals surface area contributed by atoms with Crippen molar-refractivity contribution in [2.45, 2.75) is 70.9 Å². The molecule has 3 heteroatoms. The average molecular weight is 293 g/mol. The second-order valence-corrected chi connectivity index (χ2v) is 6.06. The molecule has 1 unspecified atom stereocenters. The topological polar surface area (TPSA) is 21.3 Å². The zero-order chi connectivity index (χ0) is 15.1. The van der Waals surface area contributed by atoms with E-state index in [1.807, 2.05) is 13.0 Å². The molecule has 0 amide bonds. The summed E-state index contributed by atoms with van der Waals surface area (Å²) in [6.07, 6.45) is 8.50. The van der Waals surface area contributed by atoms with Crippen molar-refractivity contribution in [1.82, 2.24) is 5.32 Å². The molecule has 1 N–H and O–H groups in total. The van der Waals surface area contributed by atoms with Crippen LogP contribution >= 0.6 is 0 Å². The maximum atomic E-state index is 14.2. The van der Waals surface area contributed by atoms with Gasteiger partial charge in [-0.15, -0.1) is 0 Å². The summed E-state index contributed by atoms with van der Waals surface area (Å²) in [6.45, 7) is 5.01. The summed E-state index contributed by atoms with van der Waals surface area (Å²) in [7, 11) is 0. The van der Waals surface area contributed by atoms with E-state index in [2.05, 4.69) is 12.2 Å². The highest BCUT2D eigenvalue weighted by Gasteiger charge is 2.20. The fourth-order valence-electron chi connectivity index (χ4n) is 3.04. The van der Waals surface area contributed by atoms with Gasteiger partial charge in [-0.3, -0.25) is 0 Å². The number of rotatable bonds is 6. The number of benzene rings is 1. The molecule has 0 saturated heterocycles. The van der Waals surface area contributed by atoms with Crippen molar-refractivity contribution < 1.29 is 9.13 Å². The number of hydrogen-bond acceptors (Lipinski definition) is 2. The van der Waals surface area contributed by atoms with Gasteiger partial charge >= 0.3 is 0 Å². The quantitative estimate of drug-likeness (QED) is 0.746. The van der Waals surface area contributed by atoms with E-state index in [1.165, 1.54) is 31.7 Å². The van der Waals surface area contributed by atoms with Gasteiger partial charge in [-0.2, -0.15) is 0 Å². The maximum absolute atomic E-state index is 14.2. The molecule has 0 aliphatic heterocycles. The van der Waals surface area contributed by atoms with Crippen molar-refractivity contribution in [3.8, 4) is 5.75 Å². The summed E-state index contributed by atoms with van der Waals surface area (Å²) in [5, 5.41) is 3.36. The first kappa shape index (κ1) is 16.3. The first-order valence-corrected chi connectivity index (χ1v) is 8.40. The van der Waals surface area contributed by atoms with Crippen LogP contribution in [0.4, 0.5) is 4.39 Å². The molecule has 1 aliphatic rings. The largest absolute Gasteiger partial charge is 0.490 e. The van der Waals surface area contributed by atoms with Crippen molar-refractivity contribution in [2.24, 2.45) is 0 Å². The van der Waals surface area contributed by atoms with Crippen LogP contribution in [0.1, 0.15) is 70.4 Å². The summed E-state index contributed by atoms with van der Waals surface area (Å²) in [4.78, 5) is 0. The summed E-state index contributed by atoms with van der Waals surface area (Å²) < 4.78 is 20.4. The van der Waals surface area contributed by atoms with Gasteiger partial charge < -0.3 is 10.1 Å². The molecule has 0 aromatic heterocycles. The number of nitrogens with one attached hydrogen (secondary N) is 1. The lowest BCUT2D eigenvalue weighted by atomic mass is 10.1. The normalized spacial score (nSPS) is 18.2. The molecular formula is C18H28FNO. The molecule has 1 saturated carbocycles. The van der Waals surface area contributed by atoms with Gasteiger partial charge in [0.05, 0.1) is 6.10 Å². The minimum absolute atomic E-state index is 0.0214. The number of ether oxygens (including phenoxy) is 1. The van der Waals surface area contributed by atoms with Crippen LogP contribution < -0.4 is 10.1 Å². The van der Waals surface area contributed by atoms with Gasteiger partial charge in [0.1, 0.15) is 11.6 Å². The molecule has 1 aliphatic carbocycles. The van der Waals surface area contributed by atoms with E-state index in [0.717, 1.165) is 31.6 Å². The van der Waals surface area contributed by atoms with Crippen molar-refractivity contribution >= 4 is 0 Å². The molecular weight excluding hydrogens is 265 g/mol. The van der Waals surface area contributed by atoms with Crippen molar-refractivity contribution in [3.63, 3.8) is 0 Å². The Hall–Kier alpha value is -1.09. The Kier molecular flexibility index (Phi) is 6.50. The van der Waals surface area contributed by atoms with Gasteiger partial charge in [0.2, 0.25) is 0 Å². The van der Waals surface area contributed by atoms with Gasteiger partial charge in [0, 0.05) is 11.6 Å². The lowest BCUT2D eigenvalue weighted by Gasteiger charge is -2.23. The van der Waals surface area contributed by atoms with E-state index in [1.54, 1.807) is 6.07 Å². The summed E-state index contributed by atoms with van der Waals surface area (Å²) in [5.74, 6) is 0.551. The molecule has 0 spiro atoms. The first-order chi connectivity index (χ1) is 10.2. The summed E-state index contributed by atoms with van der Waals surface area (Å²) >= 11 is 0. The molecule has 0 radical (unpaired) electrons. The predicted octanol–water partition coefficient (Wildman–Crippen LogP) is 4.99. The average Bonchev–Trinajstić information content (AvgIpc) is 2.73. The molecule has 118 valence electrons. The smallest absolute Gasteiger partial charge is 0.131 e. The second-order valence-electron chi connectivity index (χ2n) is 6.06.